The van der Waals surface area contributed by atoms with E-state index in [0.717, 1.165) is 11.6 Å². The minimum Gasteiger partial charge on any atom is -0.288 e. The molecule has 3 aromatic carbocycles. The van der Waals surface area contributed by atoms with Crippen molar-refractivity contribution in [3.63, 3.8) is 0 Å². The third-order valence-electron chi connectivity index (χ3n) is 6.80. The molecule has 0 amide bonds. The van der Waals surface area contributed by atoms with Gasteiger partial charge in [-0.1, -0.05) is 76.4 Å². The van der Waals surface area contributed by atoms with Crippen molar-refractivity contribution in [3.8, 4) is 0 Å². The highest BCUT2D eigenvalue weighted by Crippen LogP contribution is 2.43. The monoisotopic (exact) mass is 595 g/mol. The zero-order chi connectivity index (χ0) is 31.0. The first kappa shape index (κ1) is 32.2. The van der Waals surface area contributed by atoms with Gasteiger partial charge in [-0.2, -0.15) is 26.3 Å². The van der Waals surface area contributed by atoms with Gasteiger partial charge in [0, 0.05) is 5.56 Å². The van der Waals surface area contributed by atoms with Crippen molar-refractivity contribution in [1.29, 1.82) is 0 Å². The van der Waals surface area contributed by atoms with Gasteiger partial charge in [0.15, 0.2) is 5.78 Å². The van der Waals surface area contributed by atoms with Crippen LogP contribution in [-0.4, -0.2) is 11.3 Å². The molecule has 0 bridgehead atoms. The second-order valence-corrected chi connectivity index (χ2v) is 12.2. The van der Waals surface area contributed by atoms with Gasteiger partial charge < -0.3 is 0 Å². The second-order valence-electron chi connectivity index (χ2n) is 10.7. The van der Waals surface area contributed by atoms with Crippen molar-refractivity contribution in [2.45, 2.75) is 71.6 Å². The highest BCUT2D eigenvalue weighted by atomic mass is 31.1. The lowest BCUT2D eigenvalue weighted by atomic mass is 9.81. The topological polar surface area (TPSA) is 51.2 Å². The summed E-state index contributed by atoms with van der Waals surface area (Å²) in [5.74, 6) is -0.717. The summed E-state index contributed by atoms with van der Waals surface area (Å²) in [5.41, 5.74) is -4.81. The summed E-state index contributed by atoms with van der Waals surface area (Å²) in [6, 6.07) is 10.2. The van der Waals surface area contributed by atoms with Gasteiger partial charge in [0.1, 0.15) is 0 Å². The molecule has 0 aliphatic carbocycles. The predicted octanol–water partition coefficient (Wildman–Crippen LogP) is 9.62. The lowest BCUT2D eigenvalue weighted by Gasteiger charge is -2.22. The van der Waals surface area contributed by atoms with Crippen molar-refractivity contribution in [3.05, 3.63) is 99.1 Å². The summed E-state index contributed by atoms with van der Waals surface area (Å²) < 4.78 is 95.9. The number of carbonyl (C=O) groups is 2. The molecule has 0 aliphatic rings. The van der Waals surface area contributed by atoms with Gasteiger partial charge in [-0.15, -0.1) is 0 Å². The molecule has 0 saturated carbocycles. The van der Waals surface area contributed by atoms with Crippen molar-refractivity contribution < 1.29 is 40.5 Å². The molecule has 0 heterocycles. The van der Waals surface area contributed by atoms with E-state index < -0.39 is 53.5 Å². The fraction of sp³-hybridized carbons (Fsp3) is 0.355. The highest BCUT2D eigenvalue weighted by Gasteiger charge is 2.49. The maximum Gasteiger partial charge on any atom is 0.459 e. The highest BCUT2D eigenvalue weighted by molar-refractivity contribution is 7.71. The SMILES string of the molecule is CC(C)c1cc(C(C)C)c(C(=O)c2ccccc2[P+](=O)C(=O)c2c(C(F)(F)F)cccc2C(F)(F)F)c(C(C)C)c1. The van der Waals surface area contributed by atoms with Crippen LogP contribution in [0.3, 0.4) is 0 Å². The van der Waals surface area contributed by atoms with Crippen LogP contribution in [0.2, 0.25) is 0 Å². The van der Waals surface area contributed by atoms with Gasteiger partial charge in [-0.25, -0.2) is 4.79 Å². The normalized spacial score (nSPS) is 12.8. The number of hydrogen-bond donors (Lipinski definition) is 0. The Labute approximate surface area is 235 Å². The molecular weight excluding hydrogens is 565 g/mol. The molecule has 0 spiro atoms. The van der Waals surface area contributed by atoms with E-state index in [1.807, 2.05) is 53.7 Å². The van der Waals surface area contributed by atoms with E-state index >= 15 is 0 Å². The van der Waals surface area contributed by atoms with Gasteiger partial charge >= 0.3 is 25.7 Å². The molecule has 0 saturated heterocycles. The van der Waals surface area contributed by atoms with Crippen LogP contribution < -0.4 is 5.30 Å². The van der Waals surface area contributed by atoms with Crippen LogP contribution in [-0.2, 0) is 16.9 Å². The first-order valence-corrected chi connectivity index (χ1v) is 14.2. The third kappa shape index (κ3) is 6.61. The van der Waals surface area contributed by atoms with Crippen LogP contribution in [0.25, 0.3) is 0 Å². The molecule has 1 unspecified atom stereocenters. The van der Waals surface area contributed by atoms with E-state index in [2.05, 4.69) is 0 Å². The van der Waals surface area contributed by atoms with Gasteiger partial charge in [0.2, 0.25) is 5.30 Å². The Hall–Kier alpha value is -3.32. The molecule has 0 aromatic heterocycles. The fourth-order valence-electron chi connectivity index (χ4n) is 4.66. The van der Waals surface area contributed by atoms with Crippen molar-refractivity contribution >= 4 is 24.4 Å². The quantitative estimate of drug-likeness (QED) is 0.148. The standard InChI is InChI=1S/C31H30F6O3P/c1-16(2)19-14-21(17(3)4)26(22(15-19)18(5)6)28(38)20-10-7-8-13-25(20)41(40)29(39)27-23(30(32,33)34)11-9-12-24(27)31(35,36)37/h7-18H,1-6H3/q+1. The molecule has 0 aliphatic heterocycles. The molecule has 218 valence electrons. The van der Waals surface area contributed by atoms with E-state index in [4.69, 9.17) is 0 Å². The lowest BCUT2D eigenvalue weighted by molar-refractivity contribution is -0.143. The number of hydrogen-bond acceptors (Lipinski definition) is 3. The summed E-state index contributed by atoms with van der Waals surface area (Å²) in [6.45, 7) is 11.6. The number of benzene rings is 3. The van der Waals surface area contributed by atoms with E-state index in [-0.39, 0.29) is 23.3 Å². The first-order chi connectivity index (χ1) is 18.9. The lowest BCUT2D eigenvalue weighted by Crippen LogP contribution is -2.22. The van der Waals surface area contributed by atoms with Crippen LogP contribution in [0.4, 0.5) is 26.3 Å². The Morgan fingerprint density at radius 3 is 1.54 bits per heavy atom. The summed E-state index contributed by atoms with van der Waals surface area (Å²) >= 11 is 0. The Kier molecular flexibility index (Phi) is 9.33. The minimum absolute atomic E-state index is 0.124. The molecule has 3 aromatic rings. The number of rotatable bonds is 8. The minimum atomic E-state index is -5.33. The molecule has 0 N–H and O–H groups in total. The van der Waals surface area contributed by atoms with Crippen LogP contribution >= 0.6 is 7.80 Å². The molecule has 0 fully saturated rings. The van der Waals surface area contributed by atoms with Gasteiger partial charge in [-0.3, -0.25) is 4.79 Å². The Balaban J connectivity index is 2.27. The van der Waals surface area contributed by atoms with Crippen molar-refractivity contribution in [1.82, 2.24) is 0 Å². The largest absolute Gasteiger partial charge is 0.459 e. The summed E-state index contributed by atoms with van der Waals surface area (Å²) in [6.07, 6.45) is -10.7. The molecule has 3 nitrogen and oxygen atoms in total. The van der Waals surface area contributed by atoms with Crippen molar-refractivity contribution in [2.75, 3.05) is 0 Å². The van der Waals surface area contributed by atoms with E-state index in [1.54, 1.807) is 0 Å². The van der Waals surface area contributed by atoms with Crippen molar-refractivity contribution in [2.24, 2.45) is 0 Å². The number of alkyl halides is 6. The first-order valence-electron chi connectivity index (χ1n) is 13.0. The maximum atomic E-state index is 14.1. The Morgan fingerprint density at radius 2 is 1.12 bits per heavy atom. The average Bonchev–Trinajstić information content (AvgIpc) is 2.89. The second kappa shape index (κ2) is 11.9. The molecule has 10 heteroatoms. The number of carbonyl (C=O) groups excluding carboxylic acids is 2. The van der Waals surface area contributed by atoms with Crippen LogP contribution in [0.15, 0.2) is 54.6 Å². The Morgan fingerprint density at radius 1 is 0.659 bits per heavy atom. The number of halogens is 6. The predicted molar refractivity (Wildman–Crippen MR) is 147 cm³/mol. The molecule has 0 radical (unpaired) electrons. The molecule has 1 atom stereocenters. The molecule has 3 rings (SSSR count). The smallest absolute Gasteiger partial charge is 0.288 e. The van der Waals surface area contributed by atoms with Gasteiger partial charge in [-0.05, 0) is 58.7 Å². The van der Waals surface area contributed by atoms with E-state index in [1.165, 1.54) is 18.2 Å². The number of ketones is 1. The van der Waals surface area contributed by atoms with Crippen LogP contribution in [0.5, 0.6) is 0 Å². The van der Waals surface area contributed by atoms with Gasteiger partial charge in [0.25, 0.3) is 0 Å². The van der Waals surface area contributed by atoms with E-state index in [9.17, 15) is 40.5 Å². The average molecular weight is 596 g/mol. The van der Waals surface area contributed by atoms with Gasteiger partial charge in [0.05, 0.1) is 22.3 Å². The van der Waals surface area contributed by atoms with Crippen LogP contribution in [0.1, 0.15) is 113 Å². The summed E-state index contributed by atoms with van der Waals surface area (Å²) in [4.78, 5) is 27.4. The Bertz CT molecular complexity index is 1440. The summed E-state index contributed by atoms with van der Waals surface area (Å²) in [7, 11) is -3.56. The molecule has 41 heavy (non-hydrogen) atoms. The zero-order valence-corrected chi connectivity index (χ0v) is 24.3. The molecular formula is C31H30F6O3P+. The zero-order valence-electron chi connectivity index (χ0n) is 23.4. The van der Waals surface area contributed by atoms with E-state index in [0.29, 0.717) is 34.9 Å². The fourth-order valence-corrected chi connectivity index (χ4v) is 5.94. The summed E-state index contributed by atoms with van der Waals surface area (Å²) in [5, 5.41) is -0.431. The van der Waals surface area contributed by atoms with Crippen LogP contribution in [0, 0.1) is 0 Å². The maximum absolute atomic E-state index is 14.1. The third-order valence-corrected chi connectivity index (χ3v) is 8.22.